The fraction of sp³-hybridized carbons (Fsp3) is 0.818. The van der Waals surface area contributed by atoms with Crippen LogP contribution in [-0.2, 0) is 19.2 Å². The van der Waals surface area contributed by atoms with Crippen LogP contribution in [0.25, 0.3) is 0 Å². The molecule has 1 fully saturated rings. The summed E-state index contributed by atoms with van der Waals surface area (Å²) in [4.78, 5) is 51.7. The van der Waals surface area contributed by atoms with Gasteiger partial charge in [0, 0.05) is 27.9 Å². The number of imide groups is 1. The summed E-state index contributed by atoms with van der Waals surface area (Å²) >= 11 is 0. The molecule has 1 unspecified atom stereocenters. The van der Waals surface area contributed by atoms with E-state index in [0.717, 1.165) is 19.3 Å². The maximum Gasteiger partial charge on any atom is 0.240 e. The van der Waals surface area contributed by atoms with E-state index in [1.54, 1.807) is 7.05 Å². The molecule has 0 aromatic heterocycles. The molecular weight excluding hydrogens is 370 g/mol. The van der Waals surface area contributed by atoms with E-state index in [0.29, 0.717) is 32.2 Å². The van der Waals surface area contributed by atoms with Gasteiger partial charge in [-0.2, -0.15) is 0 Å². The highest BCUT2D eigenvalue weighted by atomic mass is 16.2. The number of hydrogen-bond acceptors (Lipinski definition) is 4. The van der Waals surface area contributed by atoms with E-state index >= 15 is 0 Å². The number of primary amides is 1. The SMILES string of the molecule is CCCC(C)(C)C1CC(=O)N(CCCCCC(=O)N(C)[C@H](C(N)=O)C(C)C)C1=O.[HH]. The lowest BCUT2D eigenvalue weighted by molar-refractivity contribution is -0.140. The summed E-state index contributed by atoms with van der Waals surface area (Å²) in [6.07, 6.45) is 4.60. The molecule has 0 bridgehead atoms. The van der Waals surface area contributed by atoms with Gasteiger partial charge in [-0.3, -0.25) is 24.1 Å². The smallest absolute Gasteiger partial charge is 0.240 e. The Labute approximate surface area is 176 Å². The molecule has 2 atom stereocenters. The van der Waals surface area contributed by atoms with Crippen molar-refractivity contribution in [2.24, 2.45) is 23.0 Å². The van der Waals surface area contributed by atoms with Gasteiger partial charge in [-0.05, 0) is 30.6 Å². The van der Waals surface area contributed by atoms with Crippen LogP contribution in [0.5, 0.6) is 0 Å². The van der Waals surface area contributed by atoms with E-state index in [4.69, 9.17) is 5.73 Å². The van der Waals surface area contributed by atoms with E-state index < -0.39 is 11.9 Å². The van der Waals surface area contributed by atoms with Gasteiger partial charge in [0.25, 0.3) is 0 Å². The molecule has 0 radical (unpaired) electrons. The van der Waals surface area contributed by atoms with Gasteiger partial charge in [0.2, 0.25) is 23.6 Å². The normalized spacial score (nSPS) is 18.4. The molecule has 1 rings (SSSR count). The van der Waals surface area contributed by atoms with Gasteiger partial charge in [0.15, 0.2) is 0 Å². The minimum atomic E-state index is -0.606. The molecule has 0 saturated carbocycles. The van der Waals surface area contributed by atoms with Crippen molar-refractivity contribution in [3.05, 3.63) is 0 Å². The summed E-state index contributed by atoms with van der Waals surface area (Å²) in [6.45, 7) is 10.3. The van der Waals surface area contributed by atoms with E-state index in [1.807, 2.05) is 13.8 Å². The Morgan fingerprint density at radius 2 is 1.86 bits per heavy atom. The first kappa shape index (κ1) is 25.1. The zero-order valence-electron chi connectivity index (χ0n) is 19.0. The van der Waals surface area contributed by atoms with Crippen LogP contribution < -0.4 is 5.73 Å². The lowest BCUT2D eigenvalue weighted by Gasteiger charge is -2.29. The Morgan fingerprint density at radius 1 is 1.24 bits per heavy atom. The standard InChI is InChI=1S/C22H39N3O4.H2/c1-7-12-22(4,5)16-14-18(27)25(21(16)29)13-10-8-9-11-17(26)24(6)19(15(2)3)20(23)28;/h15-16,19H,7-14H2,1-6H3,(H2,23,28);1H/t16?,19-;/m0./s1. The second kappa shape index (κ2) is 10.7. The van der Waals surface area contributed by atoms with E-state index in [9.17, 15) is 19.2 Å². The first-order chi connectivity index (χ1) is 13.4. The highest BCUT2D eigenvalue weighted by Gasteiger charge is 2.45. The first-order valence-electron chi connectivity index (χ1n) is 10.8. The number of amides is 4. The molecule has 7 nitrogen and oxygen atoms in total. The fourth-order valence-electron chi connectivity index (χ4n) is 4.37. The summed E-state index contributed by atoms with van der Waals surface area (Å²) in [5, 5.41) is 0. The zero-order valence-corrected chi connectivity index (χ0v) is 19.0. The summed E-state index contributed by atoms with van der Waals surface area (Å²) < 4.78 is 0. The van der Waals surface area contributed by atoms with Gasteiger partial charge in [0.1, 0.15) is 6.04 Å². The van der Waals surface area contributed by atoms with E-state index in [-0.39, 0.29) is 36.4 Å². The van der Waals surface area contributed by atoms with Crippen LogP contribution in [-0.4, -0.2) is 53.1 Å². The molecule has 29 heavy (non-hydrogen) atoms. The average Bonchev–Trinajstić information content (AvgIpc) is 2.89. The minimum absolute atomic E-state index is 0. The number of unbranched alkanes of at least 4 members (excludes halogenated alkanes) is 2. The lowest BCUT2D eigenvalue weighted by Crippen LogP contribution is -2.48. The summed E-state index contributed by atoms with van der Waals surface area (Å²) in [7, 11) is 1.61. The molecule has 0 spiro atoms. The Bertz CT molecular complexity index is 622. The van der Waals surface area contributed by atoms with Crippen molar-refractivity contribution in [1.82, 2.24) is 9.80 Å². The molecule has 1 aliphatic heterocycles. The molecule has 1 heterocycles. The number of nitrogens with zero attached hydrogens (tertiary/aromatic N) is 2. The van der Waals surface area contributed by atoms with Gasteiger partial charge in [0.05, 0.1) is 5.92 Å². The molecule has 1 aliphatic rings. The van der Waals surface area contributed by atoms with Crippen molar-refractivity contribution < 1.29 is 20.6 Å². The maximum absolute atomic E-state index is 12.7. The molecule has 0 aliphatic carbocycles. The Balaban J connectivity index is 0.00000841. The number of carbonyl (C=O) groups is 4. The van der Waals surface area contributed by atoms with Crippen LogP contribution in [0.15, 0.2) is 0 Å². The lowest BCUT2D eigenvalue weighted by atomic mass is 9.74. The van der Waals surface area contributed by atoms with Crippen LogP contribution in [0, 0.1) is 17.3 Å². The molecule has 168 valence electrons. The van der Waals surface area contributed by atoms with Gasteiger partial charge in [-0.15, -0.1) is 0 Å². The summed E-state index contributed by atoms with van der Waals surface area (Å²) in [5.41, 5.74) is 5.24. The zero-order chi connectivity index (χ0) is 22.4. The maximum atomic E-state index is 12.7. The minimum Gasteiger partial charge on any atom is -0.368 e. The van der Waals surface area contributed by atoms with Crippen LogP contribution in [0.2, 0.25) is 0 Å². The summed E-state index contributed by atoms with van der Waals surface area (Å²) in [5.74, 6) is -1.02. The predicted octanol–water partition coefficient (Wildman–Crippen LogP) is 2.96. The van der Waals surface area contributed by atoms with Crippen LogP contribution in [0.3, 0.4) is 0 Å². The van der Waals surface area contributed by atoms with Crippen molar-refractivity contribution in [3.8, 4) is 0 Å². The molecule has 0 aromatic carbocycles. The monoisotopic (exact) mass is 411 g/mol. The number of rotatable bonds is 12. The summed E-state index contributed by atoms with van der Waals surface area (Å²) in [6, 6.07) is -0.606. The molecule has 2 N–H and O–H groups in total. The third-order valence-electron chi connectivity index (χ3n) is 6.09. The van der Waals surface area contributed by atoms with Crippen molar-refractivity contribution in [2.45, 2.75) is 85.6 Å². The van der Waals surface area contributed by atoms with Crippen molar-refractivity contribution in [1.29, 1.82) is 0 Å². The first-order valence-corrected chi connectivity index (χ1v) is 10.8. The third kappa shape index (κ3) is 6.54. The van der Waals surface area contributed by atoms with Crippen molar-refractivity contribution in [2.75, 3.05) is 13.6 Å². The van der Waals surface area contributed by atoms with Gasteiger partial charge < -0.3 is 10.6 Å². The third-order valence-corrected chi connectivity index (χ3v) is 6.09. The predicted molar refractivity (Wildman–Crippen MR) is 115 cm³/mol. The largest absolute Gasteiger partial charge is 0.368 e. The Kier molecular flexibility index (Phi) is 9.30. The van der Waals surface area contributed by atoms with E-state index in [2.05, 4.69) is 20.8 Å². The van der Waals surface area contributed by atoms with Crippen molar-refractivity contribution in [3.63, 3.8) is 0 Å². The quantitative estimate of drug-likeness (QED) is 0.394. The number of likely N-dealkylation sites (tertiary alicyclic amines) is 1. The topological polar surface area (TPSA) is 101 Å². The molecule has 4 amide bonds. The van der Waals surface area contributed by atoms with E-state index in [1.165, 1.54) is 9.80 Å². The van der Waals surface area contributed by atoms with Gasteiger partial charge in [-0.1, -0.05) is 47.5 Å². The molecule has 0 aromatic rings. The highest BCUT2D eigenvalue weighted by molar-refractivity contribution is 6.03. The fourth-order valence-corrected chi connectivity index (χ4v) is 4.37. The van der Waals surface area contributed by atoms with Gasteiger partial charge >= 0.3 is 0 Å². The van der Waals surface area contributed by atoms with Crippen LogP contribution in [0.4, 0.5) is 0 Å². The average molecular weight is 412 g/mol. The Morgan fingerprint density at radius 3 is 2.38 bits per heavy atom. The second-order valence-corrected chi connectivity index (χ2v) is 9.29. The van der Waals surface area contributed by atoms with Crippen molar-refractivity contribution >= 4 is 23.6 Å². The molecule has 1 saturated heterocycles. The number of hydrogen-bond donors (Lipinski definition) is 1. The highest BCUT2D eigenvalue weighted by Crippen LogP contribution is 2.39. The Hall–Kier alpha value is -1.92. The number of likely N-dealkylation sites (N-methyl/N-ethyl adjacent to an activating group) is 1. The second-order valence-electron chi connectivity index (χ2n) is 9.29. The number of nitrogens with two attached hydrogens (primary N) is 1. The number of carbonyl (C=O) groups excluding carboxylic acids is 4. The van der Waals surface area contributed by atoms with Gasteiger partial charge in [-0.25, -0.2) is 0 Å². The van der Waals surface area contributed by atoms with Crippen LogP contribution in [0.1, 0.15) is 81.0 Å². The molecular formula is C22H41N3O4. The van der Waals surface area contributed by atoms with Crippen LogP contribution >= 0.6 is 0 Å². The molecule has 7 heteroatoms.